The number of carbonyl (C=O) groups excluding carboxylic acids is 1. The minimum absolute atomic E-state index is 0.100. The fourth-order valence-corrected chi connectivity index (χ4v) is 3.47. The number of hydrogen-bond acceptors (Lipinski definition) is 3. The Morgan fingerprint density at radius 3 is 2.85 bits per heavy atom. The summed E-state index contributed by atoms with van der Waals surface area (Å²) in [5, 5.41) is 11.6. The van der Waals surface area contributed by atoms with Crippen molar-refractivity contribution in [3.8, 4) is 11.4 Å². The van der Waals surface area contributed by atoms with Gasteiger partial charge in [0.25, 0.3) is 5.91 Å². The quantitative estimate of drug-likeness (QED) is 0.711. The number of nitrogens with one attached hydrogen (secondary N) is 1. The number of carbonyl (C=O) groups is 1. The van der Waals surface area contributed by atoms with Gasteiger partial charge in [-0.2, -0.15) is 0 Å². The Kier molecular flexibility index (Phi) is 4.90. The molecule has 1 aliphatic rings. The van der Waals surface area contributed by atoms with Crippen LogP contribution in [-0.4, -0.2) is 20.7 Å². The molecule has 0 fully saturated rings. The van der Waals surface area contributed by atoms with E-state index in [9.17, 15) is 9.18 Å². The van der Waals surface area contributed by atoms with E-state index in [0.29, 0.717) is 16.4 Å². The van der Waals surface area contributed by atoms with Crippen LogP contribution in [0.1, 0.15) is 35.4 Å². The summed E-state index contributed by atoms with van der Waals surface area (Å²) in [6.45, 7) is 0.846. The molecule has 138 valence electrons. The predicted octanol–water partition coefficient (Wildman–Crippen LogP) is 4.72. The normalized spacial score (nSPS) is 13.7. The summed E-state index contributed by atoms with van der Waals surface area (Å²) in [5.74, 6) is 0.722. The number of fused-ring (bicyclic) bond motifs is 1. The van der Waals surface area contributed by atoms with E-state index in [1.807, 2.05) is 0 Å². The minimum atomic E-state index is -0.510. The van der Waals surface area contributed by atoms with Gasteiger partial charge in [0.1, 0.15) is 11.6 Å². The number of halogens is 2. The van der Waals surface area contributed by atoms with Crippen molar-refractivity contribution in [3.63, 3.8) is 0 Å². The molecule has 1 aliphatic heterocycles. The maximum atomic E-state index is 14.3. The van der Waals surface area contributed by atoms with Crippen LogP contribution in [0.25, 0.3) is 11.4 Å². The maximum Gasteiger partial charge on any atom is 0.255 e. The van der Waals surface area contributed by atoms with Crippen LogP contribution in [0.2, 0.25) is 5.02 Å². The zero-order valence-electron chi connectivity index (χ0n) is 14.6. The van der Waals surface area contributed by atoms with Crippen LogP contribution in [0.4, 0.5) is 10.1 Å². The highest BCUT2D eigenvalue weighted by Crippen LogP contribution is 2.27. The molecule has 5 nitrogen and oxygen atoms in total. The average molecular weight is 385 g/mol. The van der Waals surface area contributed by atoms with Gasteiger partial charge in [0.05, 0.1) is 5.69 Å². The first kappa shape index (κ1) is 17.7. The van der Waals surface area contributed by atoms with E-state index >= 15 is 0 Å². The fourth-order valence-electron chi connectivity index (χ4n) is 3.28. The van der Waals surface area contributed by atoms with Gasteiger partial charge in [0.2, 0.25) is 0 Å². The number of anilines is 1. The van der Waals surface area contributed by atoms with E-state index in [0.717, 1.165) is 43.6 Å². The third kappa shape index (κ3) is 3.71. The Morgan fingerprint density at radius 1 is 1.11 bits per heavy atom. The van der Waals surface area contributed by atoms with Gasteiger partial charge >= 0.3 is 0 Å². The number of amides is 1. The van der Waals surface area contributed by atoms with Gasteiger partial charge in [-0.15, -0.1) is 10.2 Å². The zero-order valence-corrected chi connectivity index (χ0v) is 15.3. The summed E-state index contributed by atoms with van der Waals surface area (Å²) >= 11 is 5.92. The highest BCUT2D eigenvalue weighted by molar-refractivity contribution is 6.31. The van der Waals surface area contributed by atoms with E-state index in [-0.39, 0.29) is 5.69 Å². The van der Waals surface area contributed by atoms with Crippen molar-refractivity contribution < 1.29 is 9.18 Å². The Bertz CT molecular complexity index is 1000. The highest BCUT2D eigenvalue weighted by Gasteiger charge is 2.18. The van der Waals surface area contributed by atoms with Gasteiger partial charge < -0.3 is 9.88 Å². The van der Waals surface area contributed by atoms with Crippen LogP contribution in [0.15, 0.2) is 42.5 Å². The van der Waals surface area contributed by atoms with Gasteiger partial charge in [-0.1, -0.05) is 24.1 Å². The maximum absolute atomic E-state index is 14.3. The number of benzene rings is 2. The largest absolute Gasteiger partial charge is 0.319 e. The van der Waals surface area contributed by atoms with Crippen LogP contribution in [0, 0.1) is 5.82 Å². The second-order valence-corrected chi connectivity index (χ2v) is 7.00. The van der Waals surface area contributed by atoms with Gasteiger partial charge in [-0.05, 0) is 49.2 Å². The van der Waals surface area contributed by atoms with Crippen LogP contribution < -0.4 is 5.32 Å². The van der Waals surface area contributed by atoms with E-state index in [4.69, 9.17) is 11.6 Å². The smallest absolute Gasteiger partial charge is 0.255 e. The molecule has 27 heavy (non-hydrogen) atoms. The van der Waals surface area contributed by atoms with Crippen molar-refractivity contribution in [2.24, 2.45) is 0 Å². The molecule has 0 bridgehead atoms. The Hall–Kier alpha value is -2.73. The second kappa shape index (κ2) is 7.48. The number of rotatable bonds is 3. The first-order chi connectivity index (χ1) is 13.1. The van der Waals surface area contributed by atoms with Gasteiger partial charge in [-0.3, -0.25) is 4.79 Å². The molecule has 2 aromatic carbocycles. The molecule has 0 saturated heterocycles. The molecule has 4 rings (SSSR count). The summed E-state index contributed by atoms with van der Waals surface area (Å²) in [4.78, 5) is 12.4. The monoisotopic (exact) mass is 384 g/mol. The molecule has 3 aromatic rings. The first-order valence-corrected chi connectivity index (χ1v) is 9.28. The van der Waals surface area contributed by atoms with Crippen LogP contribution >= 0.6 is 11.6 Å². The lowest BCUT2D eigenvalue weighted by molar-refractivity contribution is 0.102. The third-order valence-electron chi connectivity index (χ3n) is 4.67. The fraction of sp³-hybridized carbons (Fsp3) is 0.250. The van der Waals surface area contributed by atoms with Gasteiger partial charge in [-0.25, -0.2) is 4.39 Å². The van der Waals surface area contributed by atoms with Gasteiger partial charge in [0.15, 0.2) is 5.82 Å². The van der Waals surface area contributed by atoms with Crippen molar-refractivity contribution in [3.05, 3.63) is 64.7 Å². The lowest BCUT2D eigenvalue weighted by Gasteiger charge is -2.10. The molecule has 1 N–H and O–H groups in total. The molecule has 0 spiro atoms. The second-order valence-electron chi connectivity index (χ2n) is 6.56. The molecule has 0 unspecified atom stereocenters. The minimum Gasteiger partial charge on any atom is -0.319 e. The lowest BCUT2D eigenvalue weighted by atomic mass is 10.1. The number of aryl methyl sites for hydroxylation is 1. The summed E-state index contributed by atoms with van der Waals surface area (Å²) < 4.78 is 16.4. The number of aromatic nitrogens is 3. The molecule has 0 atom stereocenters. The summed E-state index contributed by atoms with van der Waals surface area (Å²) in [6, 6.07) is 11.1. The van der Waals surface area contributed by atoms with Crippen molar-refractivity contribution in [1.29, 1.82) is 0 Å². The van der Waals surface area contributed by atoms with Crippen molar-refractivity contribution >= 4 is 23.2 Å². The Balaban J connectivity index is 1.64. The number of hydrogen-bond donors (Lipinski definition) is 1. The van der Waals surface area contributed by atoms with E-state index in [1.165, 1.54) is 12.1 Å². The molecular weight excluding hydrogens is 367 g/mol. The standard InChI is InChI=1S/C20H18ClFN4O/c21-15-6-4-5-14(11-15)20(27)23-17-12-13(8-9-16(17)22)19-25-24-18-7-2-1-3-10-26(18)19/h4-6,8-9,11-12H,1-3,7,10H2,(H,23,27). The molecule has 0 radical (unpaired) electrons. The van der Waals surface area contributed by atoms with Crippen LogP contribution in [0.3, 0.4) is 0 Å². The lowest BCUT2D eigenvalue weighted by Crippen LogP contribution is -2.13. The number of nitrogens with zero attached hydrogens (tertiary/aromatic N) is 3. The van der Waals surface area contributed by atoms with E-state index in [1.54, 1.807) is 30.3 Å². The Morgan fingerprint density at radius 2 is 2.00 bits per heavy atom. The van der Waals surface area contributed by atoms with E-state index in [2.05, 4.69) is 20.1 Å². The van der Waals surface area contributed by atoms with Crippen LogP contribution in [0.5, 0.6) is 0 Å². The zero-order chi connectivity index (χ0) is 18.8. The molecule has 2 heterocycles. The summed E-state index contributed by atoms with van der Waals surface area (Å²) in [7, 11) is 0. The molecular formula is C20H18ClFN4O. The van der Waals surface area contributed by atoms with Crippen molar-refractivity contribution in [2.45, 2.75) is 32.2 Å². The predicted molar refractivity (Wildman–Crippen MR) is 102 cm³/mol. The van der Waals surface area contributed by atoms with Crippen molar-refractivity contribution in [2.75, 3.05) is 5.32 Å². The molecule has 7 heteroatoms. The average Bonchev–Trinajstić information content (AvgIpc) is 2.91. The SMILES string of the molecule is O=C(Nc1cc(-c2nnc3n2CCCCC3)ccc1F)c1cccc(Cl)c1. The molecule has 0 saturated carbocycles. The topological polar surface area (TPSA) is 59.8 Å². The van der Waals surface area contributed by atoms with Gasteiger partial charge in [0, 0.05) is 29.1 Å². The van der Waals surface area contributed by atoms with Crippen molar-refractivity contribution in [1.82, 2.24) is 14.8 Å². The van der Waals surface area contributed by atoms with E-state index < -0.39 is 11.7 Å². The Labute approximate surface area is 161 Å². The third-order valence-corrected chi connectivity index (χ3v) is 4.90. The first-order valence-electron chi connectivity index (χ1n) is 8.91. The van der Waals surface area contributed by atoms with Crippen LogP contribution in [-0.2, 0) is 13.0 Å². The highest BCUT2D eigenvalue weighted by atomic mass is 35.5. The summed E-state index contributed by atoms with van der Waals surface area (Å²) in [6.07, 6.45) is 4.22. The molecule has 1 aromatic heterocycles. The molecule has 0 aliphatic carbocycles. The summed E-state index contributed by atoms with van der Waals surface area (Å²) in [5.41, 5.74) is 1.19. The molecule has 1 amide bonds.